The molecule has 30 heavy (non-hydrogen) atoms. The standard InChI is InChI=1S/C21H25FN2O5S/c1-14-6-7-16(22)11-18(14)23-21(25)15-5-4-10-24(13-15)30(26,27)20-12-17(28-2)8-9-19(20)29-3/h6-9,11-12,15H,4-5,10,13H2,1-3H3,(H,23,25). The van der Waals surface area contributed by atoms with Gasteiger partial charge in [-0.15, -0.1) is 0 Å². The number of methoxy groups -OCH3 is 2. The third kappa shape index (κ3) is 4.57. The van der Waals surface area contributed by atoms with Crippen LogP contribution in [0.1, 0.15) is 18.4 Å². The predicted molar refractivity (Wildman–Crippen MR) is 111 cm³/mol. The quantitative estimate of drug-likeness (QED) is 0.752. The largest absolute Gasteiger partial charge is 0.497 e. The number of anilines is 1. The van der Waals surface area contributed by atoms with Gasteiger partial charge in [-0.2, -0.15) is 4.31 Å². The van der Waals surface area contributed by atoms with Crippen LogP contribution in [0.15, 0.2) is 41.3 Å². The Bertz CT molecular complexity index is 1040. The number of benzene rings is 2. The summed E-state index contributed by atoms with van der Waals surface area (Å²) >= 11 is 0. The fraction of sp³-hybridized carbons (Fsp3) is 0.381. The summed E-state index contributed by atoms with van der Waals surface area (Å²) in [6, 6.07) is 8.72. The number of piperidine rings is 1. The Morgan fingerprint density at radius 2 is 1.93 bits per heavy atom. The zero-order valence-electron chi connectivity index (χ0n) is 17.1. The molecular weight excluding hydrogens is 411 g/mol. The summed E-state index contributed by atoms with van der Waals surface area (Å²) in [5.41, 5.74) is 1.11. The van der Waals surface area contributed by atoms with Crippen LogP contribution in [0, 0.1) is 18.7 Å². The zero-order chi connectivity index (χ0) is 21.9. The number of carbonyl (C=O) groups is 1. The number of hydrogen-bond acceptors (Lipinski definition) is 5. The molecule has 0 aromatic heterocycles. The van der Waals surface area contributed by atoms with Crippen LogP contribution < -0.4 is 14.8 Å². The maximum Gasteiger partial charge on any atom is 0.246 e. The smallest absolute Gasteiger partial charge is 0.246 e. The normalized spacial score (nSPS) is 17.4. The molecule has 2 aromatic carbocycles. The lowest BCUT2D eigenvalue weighted by Crippen LogP contribution is -2.43. The van der Waals surface area contributed by atoms with Crippen molar-refractivity contribution in [2.75, 3.05) is 32.6 Å². The van der Waals surface area contributed by atoms with E-state index < -0.39 is 21.8 Å². The van der Waals surface area contributed by atoms with E-state index in [1.54, 1.807) is 19.1 Å². The molecular formula is C21H25FN2O5S. The van der Waals surface area contributed by atoms with Crippen molar-refractivity contribution in [3.8, 4) is 11.5 Å². The highest BCUT2D eigenvalue weighted by Gasteiger charge is 2.35. The number of hydrogen-bond donors (Lipinski definition) is 1. The maximum atomic E-state index is 13.5. The van der Waals surface area contributed by atoms with Gasteiger partial charge in [-0.3, -0.25) is 4.79 Å². The molecule has 1 atom stereocenters. The number of amides is 1. The molecule has 0 aliphatic carbocycles. The maximum absolute atomic E-state index is 13.5. The zero-order valence-corrected chi connectivity index (χ0v) is 18.0. The van der Waals surface area contributed by atoms with E-state index in [1.807, 2.05) is 0 Å². The number of rotatable bonds is 6. The van der Waals surface area contributed by atoms with E-state index in [0.717, 1.165) is 5.56 Å². The molecule has 0 radical (unpaired) electrons. The van der Waals surface area contributed by atoms with Gasteiger partial charge in [0.1, 0.15) is 22.2 Å². The summed E-state index contributed by atoms with van der Waals surface area (Å²) in [7, 11) is -1.05. The van der Waals surface area contributed by atoms with Crippen LogP contribution >= 0.6 is 0 Å². The second-order valence-corrected chi connectivity index (χ2v) is 9.07. The van der Waals surface area contributed by atoms with E-state index in [2.05, 4.69) is 5.32 Å². The van der Waals surface area contributed by atoms with Crippen molar-refractivity contribution >= 4 is 21.6 Å². The van der Waals surface area contributed by atoms with Gasteiger partial charge in [0.2, 0.25) is 15.9 Å². The van der Waals surface area contributed by atoms with Crippen molar-refractivity contribution in [2.24, 2.45) is 5.92 Å². The fourth-order valence-corrected chi connectivity index (χ4v) is 5.16. The van der Waals surface area contributed by atoms with Gasteiger partial charge in [-0.05, 0) is 49.6 Å². The minimum atomic E-state index is -3.90. The van der Waals surface area contributed by atoms with Gasteiger partial charge in [0, 0.05) is 24.8 Å². The van der Waals surface area contributed by atoms with Crippen molar-refractivity contribution in [1.29, 1.82) is 0 Å². The summed E-state index contributed by atoms with van der Waals surface area (Å²) in [6.07, 6.45) is 1.08. The second kappa shape index (κ2) is 9.01. The van der Waals surface area contributed by atoms with Crippen LogP contribution in [0.4, 0.5) is 10.1 Å². The molecule has 1 amide bonds. The van der Waals surface area contributed by atoms with E-state index >= 15 is 0 Å². The minimum Gasteiger partial charge on any atom is -0.497 e. The molecule has 0 spiro atoms. The molecule has 0 saturated carbocycles. The van der Waals surface area contributed by atoms with Crippen molar-refractivity contribution in [2.45, 2.75) is 24.7 Å². The Hall–Kier alpha value is -2.65. The fourth-order valence-electron chi connectivity index (χ4n) is 3.46. The first-order valence-electron chi connectivity index (χ1n) is 9.55. The van der Waals surface area contributed by atoms with Gasteiger partial charge in [0.05, 0.1) is 20.1 Å². The lowest BCUT2D eigenvalue weighted by Gasteiger charge is -2.31. The first-order valence-corrected chi connectivity index (χ1v) is 11.0. The van der Waals surface area contributed by atoms with Crippen LogP contribution in [0.2, 0.25) is 0 Å². The van der Waals surface area contributed by atoms with Gasteiger partial charge >= 0.3 is 0 Å². The molecule has 162 valence electrons. The van der Waals surface area contributed by atoms with Crippen molar-refractivity contribution in [1.82, 2.24) is 4.31 Å². The number of carbonyl (C=O) groups excluding carboxylic acids is 1. The Balaban J connectivity index is 1.81. The summed E-state index contributed by atoms with van der Waals surface area (Å²) in [6.45, 7) is 2.09. The lowest BCUT2D eigenvalue weighted by atomic mass is 9.98. The summed E-state index contributed by atoms with van der Waals surface area (Å²) in [5, 5.41) is 2.73. The second-order valence-electron chi connectivity index (χ2n) is 7.17. The van der Waals surface area contributed by atoms with E-state index in [1.165, 1.54) is 42.8 Å². The molecule has 9 heteroatoms. The number of nitrogens with zero attached hydrogens (tertiary/aromatic N) is 1. The molecule has 1 fully saturated rings. The van der Waals surface area contributed by atoms with Crippen molar-refractivity contribution in [3.63, 3.8) is 0 Å². The highest BCUT2D eigenvalue weighted by molar-refractivity contribution is 7.89. The minimum absolute atomic E-state index is 0.00798. The van der Waals surface area contributed by atoms with Gasteiger partial charge in [-0.25, -0.2) is 12.8 Å². The lowest BCUT2D eigenvalue weighted by molar-refractivity contribution is -0.120. The Morgan fingerprint density at radius 1 is 1.17 bits per heavy atom. The number of nitrogens with one attached hydrogen (secondary N) is 1. The SMILES string of the molecule is COc1ccc(OC)c(S(=O)(=O)N2CCCC(C(=O)Nc3cc(F)ccc3C)C2)c1. The number of ether oxygens (including phenoxy) is 2. The molecule has 1 aliphatic rings. The highest BCUT2D eigenvalue weighted by Crippen LogP contribution is 2.33. The van der Waals surface area contributed by atoms with E-state index in [4.69, 9.17) is 9.47 Å². The molecule has 1 saturated heterocycles. The van der Waals surface area contributed by atoms with E-state index in [0.29, 0.717) is 30.8 Å². The first-order chi connectivity index (χ1) is 14.3. The van der Waals surface area contributed by atoms with Crippen molar-refractivity contribution in [3.05, 3.63) is 47.8 Å². The van der Waals surface area contributed by atoms with E-state index in [-0.39, 0.29) is 23.1 Å². The highest BCUT2D eigenvalue weighted by atomic mass is 32.2. The number of sulfonamides is 1. The molecule has 3 rings (SSSR count). The Labute approximate surface area is 175 Å². The molecule has 2 aromatic rings. The van der Waals surface area contributed by atoms with Gasteiger partial charge < -0.3 is 14.8 Å². The Kier molecular flexibility index (Phi) is 6.62. The van der Waals surface area contributed by atoms with Crippen LogP contribution in [0.3, 0.4) is 0 Å². The Morgan fingerprint density at radius 3 is 2.63 bits per heavy atom. The average Bonchev–Trinajstić information content (AvgIpc) is 2.75. The summed E-state index contributed by atoms with van der Waals surface area (Å²) < 4.78 is 51.7. The first kappa shape index (κ1) is 22.0. The third-order valence-electron chi connectivity index (χ3n) is 5.20. The van der Waals surface area contributed by atoms with Crippen LogP contribution in [-0.2, 0) is 14.8 Å². The number of aryl methyl sites for hydroxylation is 1. The molecule has 1 unspecified atom stereocenters. The third-order valence-corrected chi connectivity index (χ3v) is 7.09. The topological polar surface area (TPSA) is 84.9 Å². The number of halogens is 1. The van der Waals surface area contributed by atoms with Crippen molar-refractivity contribution < 1.29 is 27.1 Å². The molecule has 1 N–H and O–H groups in total. The summed E-state index contributed by atoms with van der Waals surface area (Å²) in [4.78, 5) is 12.8. The van der Waals surface area contributed by atoms with Crippen LogP contribution in [0.25, 0.3) is 0 Å². The monoisotopic (exact) mass is 436 g/mol. The van der Waals surface area contributed by atoms with Crippen LogP contribution in [0.5, 0.6) is 11.5 Å². The molecule has 1 heterocycles. The predicted octanol–water partition coefficient (Wildman–Crippen LogP) is 3.19. The van der Waals surface area contributed by atoms with Gasteiger partial charge in [0.15, 0.2) is 0 Å². The van der Waals surface area contributed by atoms with Gasteiger partial charge in [0.25, 0.3) is 0 Å². The molecule has 7 nitrogen and oxygen atoms in total. The average molecular weight is 437 g/mol. The summed E-state index contributed by atoms with van der Waals surface area (Å²) in [5.74, 6) is -0.733. The van der Waals surface area contributed by atoms with E-state index in [9.17, 15) is 17.6 Å². The van der Waals surface area contributed by atoms with Crippen LogP contribution in [-0.4, -0.2) is 45.9 Å². The molecule has 0 bridgehead atoms. The van der Waals surface area contributed by atoms with Gasteiger partial charge in [-0.1, -0.05) is 6.07 Å². The molecule has 1 aliphatic heterocycles.